The third kappa shape index (κ3) is 6.45. The van der Waals surface area contributed by atoms with E-state index in [2.05, 4.69) is 15.6 Å². The number of hydrogen-bond donors (Lipinski definition) is 2. The quantitative estimate of drug-likeness (QED) is 0.688. The molecule has 0 atom stereocenters. The van der Waals surface area contributed by atoms with Crippen molar-refractivity contribution in [2.45, 2.75) is 40.5 Å². The minimum Gasteiger partial charge on any atom is -0.325 e. The molecule has 0 bridgehead atoms. The van der Waals surface area contributed by atoms with Crippen LogP contribution < -0.4 is 10.6 Å². The molecule has 0 aliphatic heterocycles. The van der Waals surface area contributed by atoms with Crippen molar-refractivity contribution in [2.24, 2.45) is 0 Å². The van der Waals surface area contributed by atoms with E-state index < -0.39 is 0 Å². The number of aromatic nitrogens is 1. The molecule has 6 nitrogen and oxygen atoms in total. The van der Waals surface area contributed by atoms with Gasteiger partial charge in [0.05, 0.1) is 18.8 Å². The Kier molecular flexibility index (Phi) is 7.94. The predicted octanol–water partition coefficient (Wildman–Crippen LogP) is 3.61. The Bertz CT molecular complexity index is 788. The topological polar surface area (TPSA) is 74.3 Å². The summed E-state index contributed by atoms with van der Waals surface area (Å²) in [6.45, 7) is 9.04. The molecule has 0 fully saturated rings. The minimum absolute atomic E-state index is 0.121. The molecule has 2 aromatic rings. The maximum atomic E-state index is 12.4. The summed E-state index contributed by atoms with van der Waals surface area (Å²) in [5, 5.41) is 6.39. The van der Waals surface area contributed by atoms with E-state index in [4.69, 9.17) is 0 Å². The summed E-state index contributed by atoms with van der Waals surface area (Å²) in [5.74, 6) is -0.271. The lowest BCUT2D eigenvalue weighted by Crippen LogP contribution is -2.39. The average molecular weight is 389 g/mol. The van der Waals surface area contributed by atoms with Crippen molar-refractivity contribution in [1.29, 1.82) is 0 Å². The monoisotopic (exact) mass is 388 g/mol. The zero-order chi connectivity index (χ0) is 19.8. The van der Waals surface area contributed by atoms with Crippen molar-refractivity contribution in [3.05, 3.63) is 40.4 Å². The Labute approximate surface area is 165 Å². The lowest BCUT2D eigenvalue weighted by atomic mass is 10.2. The van der Waals surface area contributed by atoms with Crippen LogP contribution in [0.4, 0.5) is 10.8 Å². The number of hydrogen-bond acceptors (Lipinski definition) is 5. The van der Waals surface area contributed by atoms with Gasteiger partial charge in [0.1, 0.15) is 0 Å². The first kappa shape index (κ1) is 21.1. The number of rotatable bonds is 9. The van der Waals surface area contributed by atoms with Crippen molar-refractivity contribution in [2.75, 3.05) is 30.3 Å². The second-order valence-corrected chi connectivity index (χ2v) is 7.70. The molecule has 0 aliphatic carbocycles. The molecule has 0 spiro atoms. The molecular weight excluding hydrogens is 360 g/mol. The third-order valence-electron chi connectivity index (χ3n) is 4.17. The van der Waals surface area contributed by atoms with Crippen LogP contribution in [0.5, 0.6) is 0 Å². The maximum absolute atomic E-state index is 12.4. The van der Waals surface area contributed by atoms with Gasteiger partial charge in [-0.25, -0.2) is 4.98 Å². The van der Waals surface area contributed by atoms with E-state index in [-0.39, 0.29) is 24.9 Å². The van der Waals surface area contributed by atoms with Gasteiger partial charge in [-0.15, -0.1) is 11.3 Å². The van der Waals surface area contributed by atoms with Gasteiger partial charge in [0.2, 0.25) is 11.8 Å². The zero-order valence-electron chi connectivity index (χ0n) is 16.5. The molecule has 0 saturated carbocycles. The summed E-state index contributed by atoms with van der Waals surface area (Å²) >= 11 is 1.48. The van der Waals surface area contributed by atoms with E-state index in [1.807, 2.05) is 56.9 Å². The van der Waals surface area contributed by atoms with Crippen LogP contribution in [0.25, 0.3) is 0 Å². The van der Waals surface area contributed by atoms with Crippen LogP contribution >= 0.6 is 11.3 Å². The number of carbonyl (C=O) groups excluding carboxylic acids is 2. The average Bonchev–Trinajstić information content (AvgIpc) is 2.96. The molecule has 7 heteroatoms. The smallest absolute Gasteiger partial charge is 0.240 e. The molecule has 27 heavy (non-hydrogen) atoms. The SMILES string of the molecule is CCCN(CC(=O)Nc1nc(CC)c(C)s1)CC(=O)Nc1ccccc1C. The molecule has 146 valence electrons. The molecule has 1 aromatic heterocycles. The van der Waals surface area contributed by atoms with Crippen LogP contribution in [-0.2, 0) is 16.0 Å². The zero-order valence-corrected chi connectivity index (χ0v) is 17.3. The Morgan fingerprint density at radius 1 is 1.07 bits per heavy atom. The molecule has 2 N–H and O–H groups in total. The molecule has 0 unspecified atom stereocenters. The van der Waals surface area contributed by atoms with Crippen LogP contribution in [-0.4, -0.2) is 41.3 Å². The lowest BCUT2D eigenvalue weighted by molar-refractivity contribution is -0.120. The number of carbonyl (C=O) groups is 2. The summed E-state index contributed by atoms with van der Waals surface area (Å²) in [6.07, 6.45) is 1.71. The predicted molar refractivity (Wildman–Crippen MR) is 111 cm³/mol. The number of nitrogens with one attached hydrogen (secondary N) is 2. The van der Waals surface area contributed by atoms with Gasteiger partial charge in [-0.1, -0.05) is 32.0 Å². The van der Waals surface area contributed by atoms with E-state index in [0.717, 1.165) is 34.7 Å². The summed E-state index contributed by atoms with van der Waals surface area (Å²) in [6, 6.07) is 7.65. The fourth-order valence-corrected chi connectivity index (χ4v) is 3.73. The summed E-state index contributed by atoms with van der Waals surface area (Å²) in [7, 11) is 0. The van der Waals surface area contributed by atoms with Gasteiger partial charge in [-0.3, -0.25) is 14.5 Å². The second-order valence-electron chi connectivity index (χ2n) is 6.50. The molecule has 1 heterocycles. The molecule has 1 aromatic carbocycles. The minimum atomic E-state index is -0.149. The maximum Gasteiger partial charge on any atom is 0.240 e. The van der Waals surface area contributed by atoms with Crippen LogP contribution in [0, 0.1) is 13.8 Å². The molecule has 0 radical (unpaired) electrons. The first-order valence-electron chi connectivity index (χ1n) is 9.26. The third-order valence-corrected chi connectivity index (χ3v) is 5.10. The highest BCUT2D eigenvalue weighted by Crippen LogP contribution is 2.22. The van der Waals surface area contributed by atoms with Gasteiger partial charge in [0.25, 0.3) is 0 Å². The summed E-state index contributed by atoms with van der Waals surface area (Å²) in [5.41, 5.74) is 2.82. The number of benzene rings is 1. The van der Waals surface area contributed by atoms with Gasteiger partial charge >= 0.3 is 0 Å². The molecule has 2 rings (SSSR count). The number of nitrogens with zero attached hydrogens (tertiary/aromatic N) is 2. The molecule has 2 amide bonds. The summed E-state index contributed by atoms with van der Waals surface area (Å²) in [4.78, 5) is 32.2. The van der Waals surface area contributed by atoms with Gasteiger partial charge in [-0.05, 0) is 44.9 Å². The second kappa shape index (κ2) is 10.2. The summed E-state index contributed by atoms with van der Waals surface area (Å²) < 4.78 is 0. The van der Waals surface area contributed by atoms with Crippen molar-refractivity contribution in [1.82, 2.24) is 9.88 Å². The fourth-order valence-electron chi connectivity index (χ4n) is 2.81. The van der Waals surface area contributed by atoms with E-state index in [1.165, 1.54) is 11.3 Å². The van der Waals surface area contributed by atoms with Crippen LogP contribution in [0.3, 0.4) is 0 Å². The van der Waals surface area contributed by atoms with Crippen molar-refractivity contribution in [3.63, 3.8) is 0 Å². The van der Waals surface area contributed by atoms with Gasteiger partial charge < -0.3 is 10.6 Å². The number of thiazole rings is 1. The standard InChI is InChI=1S/C20H28N4O2S/c1-5-11-24(12-18(25)21-17-10-8-7-9-14(17)3)13-19(26)23-20-22-16(6-2)15(4)27-20/h7-10H,5-6,11-13H2,1-4H3,(H,21,25)(H,22,23,26). The largest absolute Gasteiger partial charge is 0.325 e. The van der Waals surface area contributed by atoms with Crippen molar-refractivity contribution >= 4 is 34.0 Å². The molecular formula is C20H28N4O2S. The number of anilines is 2. The normalized spacial score (nSPS) is 10.9. The fraction of sp³-hybridized carbons (Fsp3) is 0.450. The van der Waals surface area contributed by atoms with Crippen LogP contribution in [0.15, 0.2) is 24.3 Å². The highest BCUT2D eigenvalue weighted by Gasteiger charge is 2.16. The van der Waals surface area contributed by atoms with Gasteiger partial charge in [0.15, 0.2) is 5.13 Å². The van der Waals surface area contributed by atoms with E-state index in [9.17, 15) is 9.59 Å². The van der Waals surface area contributed by atoms with Gasteiger partial charge in [0, 0.05) is 10.6 Å². The van der Waals surface area contributed by atoms with E-state index >= 15 is 0 Å². The molecule has 0 saturated heterocycles. The highest BCUT2D eigenvalue weighted by molar-refractivity contribution is 7.15. The number of para-hydroxylation sites is 1. The highest BCUT2D eigenvalue weighted by atomic mass is 32.1. The van der Waals surface area contributed by atoms with E-state index in [1.54, 1.807) is 0 Å². The van der Waals surface area contributed by atoms with Crippen LogP contribution in [0.2, 0.25) is 0 Å². The number of aryl methyl sites for hydroxylation is 3. The first-order chi connectivity index (χ1) is 12.9. The van der Waals surface area contributed by atoms with Crippen molar-refractivity contribution < 1.29 is 9.59 Å². The van der Waals surface area contributed by atoms with Crippen LogP contribution in [0.1, 0.15) is 36.4 Å². The first-order valence-corrected chi connectivity index (χ1v) is 10.1. The number of amides is 2. The Hall–Kier alpha value is -2.25. The Balaban J connectivity index is 1.92. The van der Waals surface area contributed by atoms with Gasteiger partial charge in [-0.2, -0.15) is 0 Å². The Morgan fingerprint density at radius 2 is 1.74 bits per heavy atom. The van der Waals surface area contributed by atoms with E-state index in [0.29, 0.717) is 11.7 Å². The Morgan fingerprint density at radius 3 is 2.33 bits per heavy atom. The molecule has 0 aliphatic rings. The van der Waals surface area contributed by atoms with Crippen molar-refractivity contribution in [3.8, 4) is 0 Å². The lowest BCUT2D eigenvalue weighted by Gasteiger charge is -2.20.